The molecule has 1 atom stereocenters. The highest BCUT2D eigenvalue weighted by Crippen LogP contribution is 1.95. The molecule has 0 saturated heterocycles. The van der Waals surface area contributed by atoms with Crippen LogP contribution >= 0.6 is 0 Å². The van der Waals surface area contributed by atoms with Crippen molar-refractivity contribution in [2.75, 3.05) is 0 Å². The Bertz CT molecular complexity index is 242. The van der Waals surface area contributed by atoms with E-state index in [4.69, 9.17) is 0 Å². The predicted octanol–water partition coefficient (Wildman–Crippen LogP) is -0.581. The van der Waals surface area contributed by atoms with Crippen molar-refractivity contribution >= 4 is 15.8 Å². The molecule has 4 nitrogen and oxygen atoms in total. The molecule has 0 aromatic heterocycles. The van der Waals surface area contributed by atoms with E-state index in [0.29, 0.717) is 0 Å². The summed E-state index contributed by atoms with van der Waals surface area (Å²) in [6.45, 7) is 4.35. The van der Waals surface area contributed by atoms with Gasteiger partial charge < -0.3 is 0 Å². The molecule has 0 bridgehead atoms. The van der Waals surface area contributed by atoms with Crippen LogP contribution in [-0.2, 0) is 14.8 Å². The fraction of sp³-hybridized carbons (Fsp3) is 0.400. The molecule has 0 aromatic carbocycles. The molecule has 0 aliphatic heterocycles. The van der Waals surface area contributed by atoms with Crippen LogP contribution in [0.2, 0.25) is 0 Å². The standard InChI is InChI=1S/C5H9NO3S/c1-3-5(7)4(2)10(6,8)9/h3-4H,1H2,2H3,(H2,6,8,9). The van der Waals surface area contributed by atoms with E-state index < -0.39 is 21.1 Å². The Kier molecular flexibility index (Phi) is 2.74. The third-order valence-electron chi connectivity index (χ3n) is 1.09. The Morgan fingerprint density at radius 3 is 2.20 bits per heavy atom. The van der Waals surface area contributed by atoms with Gasteiger partial charge in [-0.15, -0.1) is 0 Å². The number of sulfonamides is 1. The molecule has 0 radical (unpaired) electrons. The molecule has 0 heterocycles. The van der Waals surface area contributed by atoms with E-state index in [0.717, 1.165) is 6.08 Å². The fourth-order valence-electron chi connectivity index (χ4n) is 0.328. The van der Waals surface area contributed by atoms with Gasteiger partial charge in [-0.2, -0.15) is 0 Å². The van der Waals surface area contributed by atoms with Crippen molar-refractivity contribution in [3.05, 3.63) is 12.7 Å². The second-order valence-corrected chi connectivity index (χ2v) is 3.72. The number of ketones is 1. The van der Waals surface area contributed by atoms with E-state index in [-0.39, 0.29) is 0 Å². The minimum absolute atomic E-state index is 0.581. The van der Waals surface area contributed by atoms with Gasteiger partial charge in [-0.3, -0.25) is 4.79 Å². The topological polar surface area (TPSA) is 77.2 Å². The molecular formula is C5H9NO3S. The number of nitrogens with two attached hydrogens (primary N) is 1. The van der Waals surface area contributed by atoms with Crippen LogP contribution in [0.4, 0.5) is 0 Å². The molecule has 2 N–H and O–H groups in total. The van der Waals surface area contributed by atoms with Crippen LogP contribution in [0.15, 0.2) is 12.7 Å². The van der Waals surface area contributed by atoms with Crippen molar-refractivity contribution in [3.63, 3.8) is 0 Å². The second kappa shape index (κ2) is 2.94. The van der Waals surface area contributed by atoms with Crippen LogP contribution in [0, 0.1) is 0 Å². The molecule has 10 heavy (non-hydrogen) atoms. The smallest absolute Gasteiger partial charge is 0.219 e. The van der Waals surface area contributed by atoms with Gasteiger partial charge in [0.05, 0.1) is 0 Å². The summed E-state index contributed by atoms with van der Waals surface area (Å²) >= 11 is 0. The van der Waals surface area contributed by atoms with Crippen LogP contribution in [0.3, 0.4) is 0 Å². The summed E-state index contributed by atoms with van der Waals surface area (Å²) in [5, 5.41) is 3.48. The quantitative estimate of drug-likeness (QED) is 0.565. The summed E-state index contributed by atoms with van der Waals surface area (Å²) in [6.07, 6.45) is 0.940. The van der Waals surface area contributed by atoms with Crippen molar-refractivity contribution in [2.45, 2.75) is 12.2 Å². The molecule has 0 aliphatic carbocycles. The molecular weight excluding hydrogens is 154 g/mol. The SMILES string of the molecule is C=CC(=O)C(C)S(N)(=O)=O. The van der Waals surface area contributed by atoms with Crippen molar-refractivity contribution < 1.29 is 13.2 Å². The van der Waals surface area contributed by atoms with E-state index in [1.54, 1.807) is 0 Å². The van der Waals surface area contributed by atoms with Gasteiger partial charge in [-0.25, -0.2) is 13.6 Å². The normalized spacial score (nSPS) is 14.2. The van der Waals surface area contributed by atoms with E-state index in [9.17, 15) is 13.2 Å². The van der Waals surface area contributed by atoms with Crippen LogP contribution in [0.5, 0.6) is 0 Å². The number of carbonyl (C=O) groups is 1. The Morgan fingerprint density at radius 1 is 1.70 bits per heavy atom. The van der Waals surface area contributed by atoms with Gasteiger partial charge in [0.15, 0.2) is 5.78 Å². The molecule has 0 aliphatic rings. The molecule has 0 fully saturated rings. The lowest BCUT2D eigenvalue weighted by Gasteiger charge is -2.02. The second-order valence-electron chi connectivity index (χ2n) is 1.84. The third kappa shape index (κ3) is 2.28. The van der Waals surface area contributed by atoms with Gasteiger partial charge in [0.25, 0.3) is 0 Å². The van der Waals surface area contributed by atoms with Crippen LogP contribution in [-0.4, -0.2) is 19.5 Å². The zero-order valence-corrected chi connectivity index (χ0v) is 6.39. The first-order valence-electron chi connectivity index (χ1n) is 2.57. The molecule has 0 aromatic rings. The minimum Gasteiger partial charge on any atom is -0.293 e. The summed E-state index contributed by atoms with van der Waals surface area (Å²) in [7, 11) is -3.73. The van der Waals surface area contributed by atoms with Gasteiger partial charge in [-0.1, -0.05) is 6.58 Å². The monoisotopic (exact) mass is 163 g/mol. The lowest BCUT2D eigenvalue weighted by Crippen LogP contribution is -2.31. The lowest BCUT2D eigenvalue weighted by molar-refractivity contribution is -0.113. The number of carbonyl (C=O) groups excluding carboxylic acids is 1. The Morgan fingerprint density at radius 2 is 2.10 bits per heavy atom. The third-order valence-corrected chi connectivity index (χ3v) is 2.31. The first-order chi connectivity index (χ1) is 4.39. The highest BCUT2D eigenvalue weighted by atomic mass is 32.2. The Hall–Kier alpha value is -0.680. The first-order valence-corrected chi connectivity index (χ1v) is 4.18. The fourth-order valence-corrected chi connectivity index (χ4v) is 0.748. The summed E-state index contributed by atoms with van der Waals surface area (Å²) in [6, 6.07) is 0. The molecule has 58 valence electrons. The zero-order chi connectivity index (χ0) is 8.36. The average molecular weight is 163 g/mol. The number of primary sulfonamides is 1. The van der Waals surface area contributed by atoms with E-state index in [2.05, 4.69) is 11.7 Å². The highest BCUT2D eigenvalue weighted by molar-refractivity contribution is 7.90. The molecule has 0 spiro atoms. The zero-order valence-electron chi connectivity index (χ0n) is 5.57. The van der Waals surface area contributed by atoms with Gasteiger partial charge >= 0.3 is 0 Å². The van der Waals surface area contributed by atoms with Gasteiger partial charge in [-0.05, 0) is 13.0 Å². The summed E-state index contributed by atoms with van der Waals surface area (Å²) < 4.78 is 20.9. The maximum atomic E-state index is 10.6. The van der Waals surface area contributed by atoms with E-state index in [1.165, 1.54) is 6.92 Å². The van der Waals surface area contributed by atoms with Crippen molar-refractivity contribution in [3.8, 4) is 0 Å². The van der Waals surface area contributed by atoms with Crippen LogP contribution < -0.4 is 5.14 Å². The maximum Gasteiger partial charge on any atom is 0.219 e. The molecule has 0 amide bonds. The van der Waals surface area contributed by atoms with Crippen molar-refractivity contribution in [1.82, 2.24) is 0 Å². The number of hydrogen-bond acceptors (Lipinski definition) is 3. The predicted molar refractivity (Wildman–Crippen MR) is 37.8 cm³/mol. The summed E-state index contributed by atoms with van der Waals surface area (Å²) in [5.74, 6) is -0.581. The van der Waals surface area contributed by atoms with E-state index in [1.807, 2.05) is 0 Å². The largest absolute Gasteiger partial charge is 0.293 e. The highest BCUT2D eigenvalue weighted by Gasteiger charge is 2.20. The first kappa shape index (κ1) is 9.32. The lowest BCUT2D eigenvalue weighted by atomic mass is 10.3. The van der Waals surface area contributed by atoms with E-state index >= 15 is 0 Å². The van der Waals surface area contributed by atoms with Crippen LogP contribution in [0.1, 0.15) is 6.92 Å². The molecule has 1 unspecified atom stereocenters. The molecule has 0 rings (SSSR count). The average Bonchev–Trinajstić information content (AvgIpc) is 1.83. The van der Waals surface area contributed by atoms with Crippen molar-refractivity contribution in [1.29, 1.82) is 0 Å². The Balaban J connectivity index is 4.54. The minimum atomic E-state index is -3.73. The number of allylic oxidation sites excluding steroid dienone is 1. The molecule has 5 heteroatoms. The van der Waals surface area contributed by atoms with Crippen molar-refractivity contribution in [2.24, 2.45) is 5.14 Å². The van der Waals surface area contributed by atoms with Gasteiger partial charge in [0.2, 0.25) is 10.0 Å². The Labute approximate surface area is 59.8 Å². The van der Waals surface area contributed by atoms with Gasteiger partial charge in [0, 0.05) is 0 Å². The number of rotatable bonds is 3. The van der Waals surface area contributed by atoms with Gasteiger partial charge in [0.1, 0.15) is 5.25 Å². The maximum absolute atomic E-state index is 10.6. The number of hydrogen-bond donors (Lipinski definition) is 1. The summed E-state index contributed by atoms with van der Waals surface area (Å²) in [5.41, 5.74) is 0. The molecule has 0 saturated carbocycles. The van der Waals surface area contributed by atoms with Crippen LogP contribution in [0.25, 0.3) is 0 Å². The summed E-state index contributed by atoms with van der Waals surface area (Å²) in [4.78, 5) is 10.6.